The molecule has 0 aromatic heterocycles. The molecule has 4 nitrogen and oxygen atoms in total. The van der Waals surface area contributed by atoms with Crippen LogP contribution in [-0.4, -0.2) is 18.2 Å². The number of esters is 1. The van der Waals surface area contributed by atoms with Crippen molar-refractivity contribution in [1.82, 2.24) is 0 Å². The SMILES string of the molecule is COC(=O)c1ccc(O)cc1.[Na+].[O-]c1ccccc1. The van der Waals surface area contributed by atoms with Crippen LogP contribution in [0.1, 0.15) is 10.4 Å². The molecule has 0 aliphatic rings. The van der Waals surface area contributed by atoms with Gasteiger partial charge in [0.05, 0.1) is 12.7 Å². The Morgan fingerprint density at radius 3 is 1.95 bits per heavy atom. The first-order valence-corrected chi connectivity index (χ1v) is 5.23. The minimum absolute atomic E-state index is 0. The summed E-state index contributed by atoms with van der Waals surface area (Å²) in [5.41, 5.74) is 0.435. The average Bonchev–Trinajstić information content (AvgIpc) is 2.40. The Kier molecular flexibility index (Phi) is 8.70. The van der Waals surface area contributed by atoms with Crippen molar-refractivity contribution in [2.24, 2.45) is 0 Å². The molecule has 1 N–H and O–H groups in total. The Hall–Kier alpha value is -1.49. The normalized spacial score (nSPS) is 8.47. The Balaban J connectivity index is 0.000000352. The molecule has 19 heavy (non-hydrogen) atoms. The monoisotopic (exact) mass is 268 g/mol. The minimum Gasteiger partial charge on any atom is -0.872 e. The molecule has 0 saturated heterocycles. The van der Waals surface area contributed by atoms with Crippen LogP contribution in [-0.2, 0) is 4.74 Å². The first kappa shape index (κ1) is 17.5. The van der Waals surface area contributed by atoms with Gasteiger partial charge in [0.2, 0.25) is 0 Å². The van der Waals surface area contributed by atoms with Crippen LogP contribution >= 0.6 is 0 Å². The van der Waals surface area contributed by atoms with E-state index in [1.807, 2.05) is 6.07 Å². The molecule has 2 rings (SSSR count). The zero-order valence-electron chi connectivity index (χ0n) is 10.9. The fraction of sp³-hybridized carbons (Fsp3) is 0.0714. The van der Waals surface area contributed by atoms with Crippen LogP contribution in [0.2, 0.25) is 0 Å². The molecule has 0 heterocycles. The van der Waals surface area contributed by atoms with E-state index in [1.54, 1.807) is 12.1 Å². The molecular formula is C14H13NaO4. The Morgan fingerprint density at radius 2 is 1.58 bits per heavy atom. The quantitative estimate of drug-likeness (QED) is 0.529. The molecule has 94 valence electrons. The van der Waals surface area contributed by atoms with Crippen LogP contribution in [0.5, 0.6) is 11.5 Å². The first-order valence-electron chi connectivity index (χ1n) is 5.23. The minimum atomic E-state index is -0.398. The summed E-state index contributed by atoms with van der Waals surface area (Å²) < 4.78 is 4.46. The predicted molar refractivity (Wildman–Crippen MR) is 65.3 cm³/mol. The van der Waals surface area contributed by atoms with Crippen LogP contribution in [0.25, 0.3) is 0 Å². The number of carbonyl (C=O) groups is 1. The smallest absolute Gasteiger partial charge is 0.872 e. The van der Waals surface area contributed by atoms with E-state index >= 15 is 0 Å². The van der Waals surface area contributed by atoms with E-state index in [-0.39, 0.29) is 41.1 Å². The second kappa shape index (κ2) is 9.44. The molecule has 0 spiro atoms. The van der Waals surface area contributed by atoms with E-state index in [0.717, 1.165) is 0 Å². The van der Waals surface area contributed by atoms with Crippen LogP contribution in [0.15, 0.2) is 54.6 Å². The molecule has 0 amide bonds. The first-order chi connectivity index (χ1) is 8.63. The van der Waals surface area contributed by atoms with Gasteiger partial charge in [-0.3, -0.25) is 0 Å². The molecule has 5 heteroatoms. The van der Waals surface area contributed by atoms with Gasteiger partial charge < -0.3 is 14.9 Å². The number of aromatic hydroxyl groups is 1. The number of phenolic OH excluding ortho intramolecular Hbond substituents is 1. The van der Waals surface area contributed by atoms with E-state index in [4.69, 9.17) is 5.11 Å². The maximum Gasteiger partial charge on any atom is 1.00 e. The van der Waals surface area contributed by atoms with Gasteiger partial charge in [0.15, 0.2) is 0 Å². The number of hydrogen-bond acceptors (Lipinski definition) is 4. The summed E-state index contributed by atoms with van der Waals surface area (Å²) in [6, 6.07) is 14.2. The fourth-order valence-electron chi connectivity index (χ4n) is 1.14. The van der Waals surface area contributed by atoms with Crippen LogP contribution < -0.4 is 34.7 Å². The number of ether oxygens (including phenoxy) is 1. The second-order valence-electron chi connectivity index (χ2n) is 3.35. The summed E-state index contributed by atoms with van der Waals surface area (Å²) in [7, 11) is 1.31. The van der Waals surface area contributed by atoms with Crippen molar-refractivity contribution in [3.05, 3.63) is 60.2 Å². The van der Waals surface area contributed by atoms with Gasteiger partial charge in [0, 0.05) is 0 Å². The number of rotatable bonds is 1. The largest absolute Gasteiger partial charge is 1.00 e. The molecule has 2 aromatic rings. The summed E-state index contributed by atoms with van der Waals surface area (Å²) in [5, 5.41) is 19.1. The molecule has 0 aliphatic heterocycles. The van der Waals surface area contributed by atoms with Gasteiger partial charge in [-0.25, -0.2) is 4.79 Å². The van der Waals surface area contributed by atoms with E-state index in [0.29, 0.717) is 5.56 Å². The van der Waals surface area contributed by atoms with Gasteiger partial charge in [-0.15, -0.1) is 5.75 Å². The van der Waals surface area contributed by atoms with E-state index < -0.39 is 5.97 Å². The van der Waals surface area contributed by atoms with Crippen molar-refractivity contribution >= 4 is 5.97 Å². The van der Waals surface area contributed by atoms with Crippen molar-refractivity contribution in [3.63, 3.8) is 0 Å². The Labute approximate surface area is 134 Å². The van der Waals surface area contributed by atoms with Crippen molar-refractivity contribution in [2.45, 2.75) is 0 Å². The van der Waals surface area contributed by atoms with E-state index in [2.05, 4.69) is 4.74 Å². The molecule has 0 unspecified atom stereocenters. The number of phenols is 1. The van der Waals surface area contributed by atoms with Crippen LogP contribution in [0, 0.1) is 0 Å². The van der Waals surface area contributed by atoms with Crippen molar-refractivity contribution in [2.75, 3.05) is 7.11 Å². The maximum atomic E-state index is 10.8. The average molecular weight is 268 g/mol. The van der Waals surface area contributed by atoms with Crippen molar-refractivity contribution in [1.29, 1.82) is 0 Å². The molecule has 2 aromatic carbocycles. The number of methoxy groups -OCH3 is 1. The van der Waals surface area contributed by atoms with Crippen molar-refractivity contribution in [3.8, 4) is 11.5 Å². The zero-order valence-corrected chi connectivity index (χ0v) is 12.9. The molecule has 0 aliphatic carbocycles. The van der Waals surface area contributed by atoms with Crippen molar-refractivity contribution < 1.29 is 49.3 Å². The third-order valence-electron chi connectivity index (χ3n) is 2.03. The standard InChI is InChI=1S/C8H8O3.C6H6O.Na/c1-11-8(10)6-2-4-7(9)5-3-6;7-6-4-2-1-3-5-6;/h2-5,9H,1H3;1-5,7H;/q;;+1/p-1. The summed E-state index contributed by atoms with van der Waals surface area (Å²) >= 11 is 0. The van der Waals surface area contributed by atoms with E-state index in [9.17, 15) is 9.90 Å². The number of hydrogen-bond donors (Lipinski definition) is 1. The summed E-state index contributed by atoms with van der Waals surface area (Å²) in [6.45, 7) is 0. The number of carbonyl (C=O) groups excluding carboxylic acids is 1. The van der Waals surface area contributed by atoms with Crippen LogP contribution in [0.3, 0.4) is 0 Å². The van der Waals surface area contributed by atoms with Gasteiger partial charge in [-0.1, -0.05) is 30.3 Å². The number of benzene rings is 2. The topological polar surface area (TPSA) is 69.6 Å². The maximum absolute atomic E-state index is 10.8. The summed E-state index contributed by atoms with van der Waals surface area (Å²) in [4.78, 5) is 10.8. The predicted octanol–water partition coefficient (Wildman–Crippen LogP) is -1.06. The van der Waals surface area contributed by atoms with Gasteiger partial charge in [-0.2, -0.15) is 0 Å². The summed E-state index contributed by atoms with van der Waals surface area (Å²) in [6.07, 6.45) is 0. The van der Waals surface area contributed by atoms with E-state index in [1.165, 1.54) is 43.5 Å². The van der Waals surface area contributed by atoms with Gasteiger partial charge in [-0.05, 0) is 24.3 Å². The van der Waals surface area contributed by atoms with Gasteiger partial charge in [0.25, 0.3) is 0 Å². The molecule has 0 radical (unpaired) electrons. The summed E-state index contributed by atoms with van der Waals surface area (Å²) in [5.74, 6) is -0.190. The van der Waals surface area contributed by atoms with Gasteiger partial charge >= 0.3 is 35.5 Å². The molecule has 0 bridgehead atoms. The molecule has 0 saturated carbocycles. The van der Waals surface area contributed by atoms with Crippen LogP contribution in [0.4, 0.5) is 0 Å². The Morgan fingerprint density at radius 1 is 1.05 bits per heavy atom. The fourth-order valence-corrected chi connectivity index (χ4v) is 1.14. The molecular weight excluding hydrogens is 255 g/mol. The molecule has 0 fully saturated rings. The van der Waals surface area contributed by atoms with Gasteiger partial charge in [0.1, 0.15) is 5.75 Å². The third kappa shape index (κ3) is 6.86. The zero-order chi connectivity index (χ0) is 13.4. The Bertz CT molecular complexity index is 483. The second-order valence-corrected chi connectivity index (χ2v) is 3.35. The third-order valence-corrected chi connectivity index (χ3v) is 2.03. The molecule has 0 atom stereocenters. The number of para-hydroxylation sites is 1.